The van der Waals surface area contributed by atoms with Gasteiger partial charge in [0, 0.05) is 25.2 Å². The van der Waals surface area contributed by atoms with E-state index in [1.54, 1.807) is 0 Å². The van der Waals surface area contributed by atoms with Gasteiger partial charge in [-0.2, -0.15) is 0 Å². The summed E-state index contributed by atoms with van der Waals surface area (Å²) in [5, 5.41) is 3.40. The number of rotatable bonds is 4. The summed E-state index contributed by atoms with van der Waals surface area (Å²) >= 11 is 0. The normalized spacial score (nSPS) is 20.5. The maximum Gasteiger partial charge on any atom is 0.0594 e. The van der Waals surface area contributed by atoms with Crippen LogP contribution in [0.4, 0.5) is 0 Å². The molecule has 0 aromatic rings. The molecule has 1 rings (SSSR count). The summed E-state index contributed by atoms with van der Waals surface area (Å²) in [6.07, 6.45) is 0. The molecule has 0 aromatic heterocycles. The van der Waals surface area contributed by atoms with Crippen molar-refractivity contribution >= 4 is 0 Å². The first-order chi connectivity index (χ1) is 6.17. The maximum atomic E-state index is 5.34. The van der Waals surface area contributed by atoms with Gasteiger partial charge in [-0.15, -0.1) is 0 Å². The Labute approximate surface area is 81.4 Å². The summed E-state index contributed by atoms with van der Waals surface area (Å²) in [4.78, 5) is 2.50. The first kappa shape index (κ1) is 11.0. The molecule has 1 N–H and O–H groups in total. The molecule has 1 heterocycles. The Hall–Kier alpha value is -0.120. The van der Waals surface area contributed by atoms with E-state index in [1.807, 2.05) is 0 Å². The molecule has 13 heavy (non-hydrogen) atoms. The molecule has 1 saturated heterocycles. The average Bonchev–Trinajstić information content (AvgIpc) is 2.16. The zero-order valence-electron chi connectivity index (χ0n) is 9.10. The molecule has 0 aliphatic carbocycles. The number of likely N-dealkylation sites (N-methyl/N-ethyl adjacent to an activating group) is 1. The van der Waals surface area contributed by atoms with Crippen LogP contribution in [0.5, 0.6) is 0 Å². The molecule has 1 fully saturated rings. The molecule has 78 valence electrons. The van der Waals surface area contributed by atoms with Crippen LogP contribution in [0.25, 0.3) is 0 Å². The van der Waals surface area contributed by atoms with Gasteiger partial charge in [0.05, 0.1) is 13.2 Å². The molecule has 1 aliphatic rings. The highest BCUT2D eigenvalue weighted by Gasteiger charge is 2.27. The number of nitrogens with one attached hydrogen (secondary N) is 1. The number of ether oxygens (including phenoxy) is 1. The Kier molecular flexibility index (Phi) is 4.16. The SMILES string of the molecule is CCNCC(C)(C)N1CCOCC1. The van der Waals surface area contributed by atoms with Crippen molar-refractivity contribution in [3.8, 4) is 0 Å². The minimum atomic E-state index is 0.264. The fourth-order valence-corrected chi connectivity index (χ4v) is 1.71. The third kappa shape index (κ3) is 3.25. The molecule has 0 bridgehead atoms. The van der Waals surface area contributed by atoms with E-state index in [0.29, 0.717) is 0 Å². The summed E-state index contributed by atoms with van der Waals surface area (Å²) in [5.74, 6) is 0. The predicted octanol–water partition coefficient (Wildman–Crippen LogP) is 0.707. The molecule has 3 heteroatoms. The van der Waals surface area contributed by atoms with E-state index in [2.05, 4.69) is 31.0 Å². The second-order valence-corrected chi connectivity index (χ2v) is 4.19. The van der Waals surface area contributed by atoms with Gasteiger partial charge in [0.15, 0.2) is 0 Å². The van der Waals surface area contributed by atoms with E-state index in [-0.39, 0.29) is 5.54 Å². The van der Waals surface area contributed by atoms with Crippen LogP contribution < -0.4 is 5.32 Å². The smallest absolute Gasteiger partial charge is 0.0594 e. The third-order valence-electron chi connectivity index (χ3n) is 2.67. The van der Waals surface area contributed by atoms with Gasteiger partial charge in [-0.1, -0.05) is 6.92 Å². The van der Waals surface area contributed by atoms with Crippen LogP contribution in [0, 0.1) is 0 Å². The number of hydrogen-bond donors (Lipinski definition) is 1. The lowest BCUT2D eigenvalue weighted by Crippen LogP contribution is -2.54. The predicted molar refractivity (Wildman–Crippen MR) is 55.0 cm³/mol. The van der Waals surface area contributed by atoms with Crippen molar-refractivity contribution in [3.05, 3.63) is 0 Å². The topological polar surface area (TPSA) is 24.5 Å². The highest BCUT2D eigenvalue weighted by Crippen LogP contribution is 2.14. The molecule has 0 spiro atoms. The molecule has 1 aliphatic heterocycles. The molecule has 0 unspecified atom stereocenters. The van der Waals surface area contributed by atoms with Crippen LogP contribution in [0.3, 0.4) is 0 Å². The standard InChI is InChI=1S/C10H22N2O/c1-4-11-9-10(2,3)12-5-7-13-8-6-12/h11H,4-9H2,1-3H3. The fourth-order valence-electron chi connectivity index (χ4n) is 1.71. The number of nitrogens with zero attached hydrogens (tertiary/aromatic N) is 1. The van der Waals surface area contributed by atoms with Gasteiger partial charge >= 0.3 is 0 Å². The van der Waals surface area contributed by atoms with Gasteiger partial charge < -0.3 is 10.1 Å². The lowest BCUT2D eigenvalue weighted by Gasteiger charge is -2.40. The van der Waals surface area contributed by atoms with Crippen molar-refractivity contribution in [1.29, 1.82) is 0 Å². The summed E-state index contributed by atoms with van der Waals surface area (Å²) in [6, 6.07) is 0. The minimum Gasteiger partial charge on any atom is -0.379 e. The van der Waals surface area contributed by atoms with Crippen molar-refractivity contribution in [2.75, 3.05) is 39.4 Å². The largest absolute Gasteiger partial charge is 0.379 e. The Morgan fingerprint density at radius 3 is 2.46 bits per heavy atom. The number of morpholine rings is 1. The van der Waals surface area contributed by atoms with Crippen LogP contribution in [0.1, 0.15) is 20.8 Å². The summed E-state index contributed by atoms with van der Waals surface area (Å²) < 4.78 is 5.34. The van der Waals surface area contributed by atoms with Crippen LogP contribution >= 0.6 is 0 Å². The van der Waals surface area contributed by atoms with Gasteiger partial charge in [-0.05, 0) is 20.4 Å². The zero-order valence-corrected chi connectivity index (χ0v) is 9.10. The fraction of sp³-hybridized carbons (Fsp3) is 1.00. The van der Waals surface area contributed by atoms with E-state index in [4.69, 9.17) is 4.74 Å². The zero-order chi connectivity index (χ0) is 9.73. The monoisotopic (exact) mass is 186 g/mol. The summed E-state index contributed by atoms with van der Waals surface area (Å²) in [7, 11) is 0. The molecule has 0 aromatic carbocycles. The maximum absolute atomic E-state index is 5.34. The van der Waals surface area contributed by atoms with Crippen LogP contribution in [-0.4, -0.2) is 49.8 Å². The van der Waals surface area contributed by atoms with Crippen molar-refractivity contribution < 1.29 is 4.74 Å². The van der Waals surface area contributed by atoms with Gasteiger partial charge in [0.2, 0.25) is 0 Å². The van der Waals surface area contributed by atoms with E-state index in [9.17, 15) is 0 Å². The molecule has 0 radical (unpaired) electrons. The highest BCUT2D eigenvalue weighted by atomic mass is 16.5. The number of hydrogen-bond acceptors (Lipinski definition) is 3. The molecule has 3 nitrogen and oxygen atoms in total. The summed E-state index contributed by atoms with van der Waals surface area (Å²) in [5.41, 5.74) is 0.264. The van der Waals surface area contributed by atoms with E-state index < -0.39 is 0 Å². The van der Waals surface area contributed by atoms with Gasteiger partial charge in [-0.25, -0.2) is 0 Å². The van der Waals surface area contributed by atoms with Crippen LogP contribution in [0.2, 0.25) is 0 Å². The second kappa shape index (κ2) is 4.94. The Bertz CT molecular complexity index is 142. The van der Waals surface area contributed by atoms with Crippen LogP contribution in [-0.2, 0) is 4.74 Å². The van der Waals surface area contributed by atoms with Gasteiger partial charge in [0.1, 0.15) is 0 Å². The first-order valence-corrected chi connectivity index (χ1v) is 5.20. The van der Waals surface area contributed by atoms with Gasteiger partial charge in [-0.3, -0.25) is 4.90 Å². The van der Waals surface area contributed by atoms with Crippen molar-refractivity contribution in [3.63, 3.8) is 0 Å². The average molecular weight is 186 g/mol. The third-order valence-corrected chi connectivity index (χ3v) is 2.67. The summed E-state index contributed by atoms with van der Waals surface area (Å²) in [6.45, 7) is 12.7. The molecule has 0 atom stereocenters. The minimum absolute atomic E-state index is 0.264. The molecule has 0 saturated carbocycles. The lowest BCUT2D eigenvalue weighted by atomic mass is 10.0. The van der Waals surface area contributed by atoms with Crippen molar-refractivity contribution in [1.82, 2.24) is 10.2 Å². The van der Waals surface area contributed by atoms with Crippen molar-refractivity contribution in [2.24, 2.45) is 0 Å². The Balaban J connectivity index is 2.36. The first-order valence-electron chi connectivity index (χ1n) is 5.20. The van der Waals surface area contributed by atoms with E-state index >= 15 is 0 Å². The second-order valence-electron chi connectivity index (χ2n) is 4.19. The molecule has 0 amide bonds. The Morgan fingerprint density at radius 2 is 1.92 bits per heavy atom. The van der Waals surface area contributed by atoms with E-state index in [0.717, 1.165) is 39.4 Å². The van der Waals surface area contributed by atoms with E-state index in [1.165, 1.54) is 0 Å². The molecular formula is C10H22N2O. The molecular weight excluding hydrogens is 164 g/mol. The van der Waals surface area contributed by atoms with Gasteiger partial charge in [0.25, 0.3) is 0 Å². The van der Waals surface area contributed by atoms with Crippen molar-refractivity contribution in [2.45, 2.75) is 26.3 Å². The highest BCUT2D eigenvalue weighted by molar-refractivity contribution is 4.84. The Morgan fingerprint density at radius 1 is 1.31 bits per heavy atom. The lowest BCUT2D eigenvalue weighted by molar-refractivity contribution is -0.00941. The quantitative estimate of drug-likeness (QED) is 0.699. The van der Waals surface area contributed by atoms with Crippen LogP contribution in [0.15, 0.2) is 0 Å².